The van der Waals surface area contributed by atoms with Crippen molar-refractivity contribution >= 4 is 39.1 Å². The third kappa shape index (κ3) is 6.40. The molecule has 4 aromatic rings. The number of thiophene rings is 1. The van der Waals surface area contributed by atoms with Crippen LogP contribution in [0.25, 0.3) is 38.0 Å². The zero-order valence-electron chi connectivity index (χ0n) is 25.2. The highest BCUT2D eigenvalue weighted by molar-refractivity contribution is 7.18. The number of pyridine rings is 1. The Labute approximate surface area is 267 Å². The van der Waals surface area contributed by atoms with Crippen LogP contribution >= 0.6 is 11.3 Å². The molecule has 8 nitrogen and oxygen atoms in total. The highest BCUT2D eigenvalue weighted by Gasteiger charge is 2.26. The lowest BCUT2D eigenvalue weighted by atomic mass is 9.93. The number of aliphatic imine (C=N–C) groups is 1. The predicted octanol–water partition coefficient (Wildman–Crippen LogP) is 5.84. The van der Waals surface area contributed by atoms with Crippen LogP contribution in [0, 0.1) is 5.82 Å². The fourth-order valence-electron chi connectivity index (χ4n) is 5.95. The summed E-state index contributed by atoms with van der Waals surface area (Å²) in [4.78, 5) is 24.0. The van der Waals surface area contributed by atoms with E-state index in [1.165, 1.54) is 35.5 Å². The number of nitrogens with one attached hydrogen (secondary N) is 1. The minimum absolute atomic E-state index is 0. The van der Waals surface area contributed by atoms with Crippen molar-refractivity contribution in [2.24, 2.45) is 10.7 Å². The summed E-state index contributed by atoms with van der Waals surface area (Å²) in [6, 6.07) is 13.1. The van der Waals surface area contributed by atoms with Crippen molar-refractivity contribution < 1.29 is 20.1 Å². The lowest BCUT2D eigenvalue weighted by Crippen LogP contribution is -2.27. The molecule has 2 aromatic carbocycles. The molecule has 10 heteroatoms. The molecule has 0 saturated carbocycles. The second-order valence-electron chi connectivity index (χ2n) is 11.1. The summed E-state index contributed by atoms with van der Waals surface area (Å²) >= 11 is 1.59. The second kappa shape index (κ2) is 13.7. The maximum atomic E-state index is 14.6. The number of likely N-dealkylation sites (tertiary alicyclic amines) is 1. The highest BCUT2D eigenvalue weighted by atomic mass is 32.1. The van der Waals surface area contributed by atoms with Crippen LogP contribution in [0.2, 0.25) is 0 Å². The molecule has 0 aliphatic carbocycles. The molecule has 2 aromatic heterocycles. The number of hydrogen-bond donors (Lipinski definition) is 2. The summed E-state index contributed by atoms with van der Waals surface area (Å²) in [7, 11) is 1.59. The maximum absolute atomic E-state index is 14.6. The number of methoxy groups -OCH3 is 1. The Morgan fingerprint density at radius 3 is 2.98 bits per heavy atom. The van der Waals surface area contributed by atoms with Crippen LogP contribution in [-0.2, 0) is 22.5 Å². The standard InChI is InChI=1S/C35H36FN5O3S.H2/c1-3-31(42)41-12-9-27(21-41)39-20-25(18-37)34-32(28-7-6-26(36)17-30(28)44-14-13-43-2)35-29(10-15-45-35)33(40-34)23-4-5-24-19-38-11-8-22(24)16-23;/h3-7,10,15-18,20,27,38H,1,8-9,11-14,19,21,37H2,2H3;1H/b25-18+,39-20?;/t27-;/m1./s1. The molecule has 1 atom stereocenters. The first kappa shape index (κ1) is 30.6. The average molecular weight is 628 g/mol. The van der Waals surface area contributed by atoms with Crippen LogP contribution < -0.4 is 15.8 Å². The second-order valence-corrected chi connectivity index (χ2v) is 12.0. The van der Waals surface area contributed by atoms with Gasteiger partial charge in [0.2, 0.25) is 5.91 Å². The number of amides is 1. The summed E-state index contributed by atoms with van der Waals surface area (Å²) in [6.07, 6.45) is 6.27. The van der Waals surface area contributed by atoms with Crippen LogP contribution in [0.3, 0.4) is 0 Å². The highest BCUT2D eigenvalue weighted by Crippen LogP contribution is 2.44. The third-order valence-electron chi connectivity index (χ3n) is 8.26. The predicted molar refractivity (Wildman–Crippen MR) is 181 cm³/mol. The molecule has 2 aliphatic rings. The SMILES string of the molecule is C=CC(=O)N1CC[C@@H](N=C/C(=C\N)c2nc(-c3ccc4c(c3)CCNC4)c3ccsc3c2-c2ccc(F)cc2OCCOC)C1.[HH]. The Kier molecular flexibility index (Phi) is 9.34. The van der Waals surface area contributed by atoms with Gasteiger partial charge in [0.05, 0.1) is 24.0 Å². The molecular weight excluding hydrogens is 589 g/mol. The van der Waals surface area contributed by atoms with Crippen LogP contribution in [0.4, 0.5) is 4.39 Å². The molecule has 1 amide bonds. The van der Waals surface area contributed by atoms with Gasteiger partial charge < -0.3 is 25.4 Å². The summed E-state index contributed by atoms with van der Waals surface area (Å²) < 4.78 is 26.8. The first-order valence-electron chi connectivity index (χ1n) is 15.0. The van der Waals surface area contributed by atoms with Crippen molar-refractivity contribution in [3.05, 3.63) is 89.3 Å². The number of carbonyl (C=O) groups is 1. The van der Waals surface area contributed by atoms with E-state index >= 15 is 0 Å². The minimum Gasteiger partial charge on any atom is -0.490 e. The third-order valence-corrected chi connectivity index (χ3v) is 9.19. The summed E-state index contributed by atoms with van der Waals surface area (Å²) in [6.45, 7) is 7.13. The maximum Gasteiger partial charge on any atom is 0.246 e. The van der Waals surface area contributed by atoms with Crippen LogP contribution in [0.5, 0.6) is 5.75 Å². The van der Waals surface area contributed by atoms with Gasteiger partial charge in [-0.3, -0.25) is 9.79 Å². The van der Waals surface area contributed by atoms with E-state index in [0.717, 1.165) is 52.8 Å². The number of nitrogens with zero attached hydrogens (tertiary/aromatic N) is 3. The van der Waals surface area contributed by atoms with Gasteiger partial charge in [-0.25, -0.2) is 9.37 Å². The summed E-state index contributed by atoms with van der Waals surface area (Å²) in [5.41, 5.74) is 13.5. The lowest BCUT2D eigenvalue weighted by molar-refractivity contribution is -0.125. The quantitative estimate of drug-likeness (QED) is 0.130. The van der Waals surface area contributed by atoms with Crippen molar-refractivity contribution in [3.63, 3.8) is 0 Å². The van der Waals surface area contributed by atoms with E-state index in [-0.39, 0.29) is 20.0 Å². The Balaban J connectivity index is 0.00000417. The van der Waals surface area contributed by atoms with Gasteiger partial charge in [-0.05, 0) is 66.2 Å². The van der Waals surface area contributed by atoms with Crippen LogP contribution in [0.15, 0.2) is 71.7 Å². The topological polar surface area (TPSA) is 102 Å². The molecule has 1 fully saturated rings. The molecule has 234 valence electrons. The molecule has 0 radical (unpaired) electrons. The number of carbonyl (C=O) groups excluding carboxylic acids is 1. The van der Waals surface area contributed by atoms with E-state index in [1.54, 1.807) is 35.6 Å². The summed E-state index contributed by atoms with van der Waals surface area (Å²) in [5, 5.41) is 6.47. The molecule has 4 heterocycles. The Morgan fingerprint density at radius 2 is 2.16 bits per heavy atom. The van der Waals surface area contributed by atoms with E-state index in [2.05, 4.69) is 36.2 Å². The van der Waals surface area contributed by atoms with Crippen molar-refractivity contribution in [2.45, 2.75) is 25.4 Å². The Hall–Kier alpha value is -4.38. The monoisotopic (exact) mass is 627 g/mol. The molecule has 0 unspecified atom stereocenters. The number of halogens is 1. The van der Waals surface area contributed by atoms with Gasteiger partial charge >= 0.3 is 0 Å². The van der Waals surface area contributed by atoms with E-state index in [4.69, 9.17) is 25.2 Å². The van der Waals surface area contributed by atoms with Crippen molar-refractivity contribution in [1.29, 1.82) is 0 Å². The summed E-state index contributed by atoms with van der Waals surface area (Å²) in [5.74, 6) is -0.113. The van der Waals surface area contributed by atoms with E-state index in [9.17, 15) is 9.18 Å². The molecule has 1 saturated heterocycles. The van der Waals surface area contributed by atoms with Gasteiger partial charge in [0, 0.05) is 79.0 Å². The van der Waals surface area contributed by atoms with E-state index < -0.39 is 5.82 Å². The van der Waals surface area contributed by atoms with Gasteiger partial charge in [0.15, 0.2) is 0 Å². The first-order valence-corrected chi connectivity index (χ1v) is 15.9. The zero-order valence-corrected chi connectivity index (χ0v) is 26.0. The lowest BCUT2D eigenvalue weighted by Gasteiger charge is -2.20. The number of nitrogens with two attached hydrogens (primary N) is 1. The van der Waals surface area contributed by atoms with E-state index in [1.807, 2.05) is 5.38 Å². The molecule has 0 bridgehead atoms. The van der Waals surface area contributed by atoms with Gasteiger partial charge in [-0.1, -0.05) is 18.7 Å². The van der Waals surface area contributed by atoms with E-state index in [0.29, 0.717) is 42.3 Å². The number of ether oxygens (including phenoxy) is 2. The molecule has 3 N–H and O–H groups in total. The van der Waals surface area contributed by atoms with Gasteiger partial charge in [0.1, 0.15) is 18.2 Å². The van der Waals surface area contributed by atoms with Crippen molar-refractivity contribution in [3.8, 4) is 28.1 Å². The smallest absolute Gasteiger partial charge is 0.246 e. The number of fused-ring (bicyclic) bond motifs is 2. The Morgan fingerprint density at radius 1 is 1.27 bits per heavy atom. The molecule has 0 spiro atoms. The molecule has 6 rings (SSSR count). The van der Waals surface area contributed by atoms with Gasteiger partial charge in [0.25, 0.3) is 0 Å². The van der Waals surface area contributed by atoms with Crippen molar-refractivity contribution in [2.75, 3.05) is 40.0 Å². The largest absolute Gasteiger partial charge is 0.490 e. The fraction of sp³-hybridized carbons (Fsp3) is 0.286. The fourth-order valence-corrected chi connectivity index (χ4v) is 6.90. The number of rotatable bonds is 10. The number of aromatic nitrogens is 1. The average Bonchev–Trinajstić information content (AvgIpc) is 3.75. The molecule has 45 heavy (non-hydrogen) atoms. The number of benzene rings is 2. The van der Waals surface area contributed by atoms with Gasteiger partial charge in [-0.2, -0.15) is 0 Å². The molecular formula is C35H38FN5O3S. The van der Waals surface area contributed by atoms with Crippen LogP contribution in [0.1, 0.15) is 24.7 Å². The van der Waals surface area contributed by atoms with Gasteiger partial charge in [-0.15, -0.1) is 11.3 Å². The van der Waals surface area contributed by atoms with Crippen LogP contribution in [-0.4, -0.2) is 68.0 Å². The number of hydrogen-bond acceptors (Lipinski definition) is 8. The van der Waals surface area contributed by atoms with Crippen molar-refractivity contribution in [1.82, 2.24) is 15.2 Å². The normalized spacial score (nSPS) is 16.8. The number of allylic oxidation sites excluding steroid dienone is 1. The Bertz CT molecular complexity index is 1810. The zero-order chi connectivity index (χ0) is 31.3. The molecule has 2 aliphatic heterocycles. The first-order chi connectivity index (χ1) is 22.0. The minimum atomic E-state index is -0.403.